The van der Waals surface area contributed by atoms with Crippen LogP contribution in [0.5, 0.6) is 0 Å². The van der Waals surface area contributed by atoms with Gasteiger partial charge in [0.1, 0.15) is 18.2 Å². The van der Waals surface area contributed by atoms with Gasteiger partial charge in [0.15, 0.2) is 5.82 Å². The molecule has 0 bridgehead atoms. The van der Waals surface area contributed by atoms with Gasteiger partial charge < -0.3 is 29.5 Å². The summed E-state index contributed by atoms with van der Waals surface area (Å²) in [5, 5.41) is 3.98. The molecule has 0 saturated carbocycles. The van der Waals surface area contributed by atoms with Crippen molar-refractivity contribution in [3.05, 3.63) is 83.4 Å². The summed E-state index contributed by atoms with van der Waals surface area (Å²) in [6.45, 7) is 7.56. The summed E-state index contributed by atoms with van der Waals surface area (Å²) in [5.41, 5.74) is 7.99. The summed E-state index contributed by atoms with van der Waals surface area (Å²) in [6, 6.07) is 8.98. The van der Waals surface area contributed by atoms with E-state index < -0.39 is 27.8 Å². The van der Waals surface area contributed by atoms with Crippen LogP contribution in [-0.2, 0) is 26.2 Å². The highest BCUT2D eigenvalue weighted by molar-refractivity contribution is 7.85. The Morgan fingerprint density at radius 2 is 1.76 bits per heavy atom. The van der Waals surface area contributed by atoms with Crippen molar-refractivity contribution in [2.75, 3.05) is 31.1 Å². The largest absolute Gasteiger partial charge is 0.447 e. The number of anilines is 1. The van der Waals surface area contributed by atoms with Gasteiger partial charge in [0.25, 0.3) is 16.0 Å². The summed E-state index contributed by atoms with van der Waals surface area (Å²) in [6.07, 6.45) is 4.05. The number of hydrogen-bond donors (Lipinski definition) is 2. The molecule has 3 N–H and O–H groups in total. The fourth-order valence-corrected chi connectivity index (χ4v) is 6.01. The zero-order valence-electron chi connectivity index (χ0n) is 27.8. The number of carbonyl (C=O) groups excluding carboxylic acids is 1. The maximum Gasteiger partial charge on any atom is 0.410 e. The van der Waals surface area contributed by atoms with E-state index in [1.807, 2.05) is 25.7 Å². The van der Waals surface area contributed by atoms with Crippen LogP contribution in [0.4, 0.5) is 19.5 Å². The standard InChI is InChI=1S/C26H31F2N7O4.C7H8O3S/c1-15(2)38-26(36)34-7-5-18(6-8-34)37-14-23-32-24(39-33-23)16-10-30-25(31-11-16)35-12-20(22(29)13-35)19-9-17(27)3-4-21(19)28;1-6-2-4-7(5-3-6)11(8,9)10/h3-4,9-11,15,18,20,22H,5-8,12-14,29H2,1-2H3;2-5H,1H3,(H,8,9,10)/t20-,22+;/m1./s1. The van der Waals surface area contributed by atoms with E-state index in [0.717, 1.165) is 17.7 Å². The molecule has 14 nitrogen and oxygen atoms in total. The average Bonchev–Trinajstić information content (AvgIpc) is 3.72. The molecule has 0 aliphatic carbocycles. The van der Waals surface area contributed by atoms with Crippen LogP contribution in [0.3, 0.4) is 0 Å². The Balaban J connectivity index is 0.000000377. The molecule has 0 unspecified atom stereocenters. The minimum Gasteiger partial charge on any atom is -0.447 e. The fourth-order valence-electron chi connectivity index (χ4n) is 5.53. The second-order valence-electron chi connectivity index (χ2n) is 12.3. The first-order valence-electron chi connectivity index (χ1n) is 16.0. The highest BCUT2D eigenvalue weighted by Crippen LogP contribution is 2.31. The van der Waals surface area contributed by atoms with Crippen LogP contribution < -0.4 is 10.6 Å². The minimum absolute atomic E-state index is 0.0193. The van der Waals surface area contributed by atoms with Crippen molar-refractivity contribution in [1.29, 1.82) is 0 Å². The highest BCUT2D eigenvalue weighted by Gasteiger charge is 2.34. The monoisotopic (exact) mass is 715 g/mol. The third-order valence-electron chi connectivity index (χ3n) is 8.16. The normalized spacial score (nSPS) is 18.2. The fraction of sp³-hybridized carbons (Fsp3) is 0.424. The lowest BCUT2D eigenvalue weighted by atomic mass is 9.94. The van der Waals surface area contributed by atoms with E-state index in [9.17, 15) is 22.0 Å². The molecular formula is C33H39F2N7O7S. The van der Waals surface area contributed by atoms with Crippen LogP contribution in [0.25, 0.3) is 11.5 Å². The Bertz CT molecular complexity index is 1850. The van der Waals surface area contributed by atoms with E-state index in [0.29, 0.717) is 56.4 Å². The van der Waals surface area contributed by atoms with Gasteiger partial charge in [0.05, 0.1) is 22.7 Å². The molecule has 2 fully saturated rings. The quantitative estimate of drug-likeness (QED) is 0.243. The van der Waals surface area contributed by atoms with Gasteiger partial charge in [-0.05, 0) is 69.5 Å². The van der Waals surface area contributed by atoms with E-state index in [4.69, 9.17) is 24.3 Å². The molecule has 50 heavy (non-hydrogen) atoms. The number of ether oxygens (including phenoxy) is 2. The van der Waals surface area contributed by atoms with Crippen LogP contribution in [0.2, 0.25) is 0 Å². The van der Waals surface area contributed by atoms with Gasteiger partial charge in [-0.3, -0.25) is 4.55 Å². The number of aryl methyl sites for hydroxylation is 1. The third-order valence-corrected chi connectivity index (χ3v) is 9.03. The first kappa shape index (κ1) is 36.7. The van der Waals surface area contributed by atoms with Crippen LogP contribution in [-0.4, -0.2) is 88.5 Å². The number of likely N-dealkylation sites (tertiary alicyclic amines) is 1. The van der Waals surface area contributed by atoms with Crippen molar-refractivity contribution in [2.45, 2.75) is 69.3 Å². The number of benzene rings is 2. The van der Waals surface area contributed by atoms with Gasteiger partial charge >= 0.3 is 6.09 Å². The molecule has 2 aromatic carbocycles. The first-order chi connectivity index (χ1) is 23.8. The van der Waals surface area contributed by atoms with Crippen molar-refractivity contribution >= 4 is 22.2 Å². The van der Waals surface area contributed by atoms with Gasteiger partial charge in [0.2, 0.25) is 5.95 Å². The predicted octanol–water partition coefficient (Wildman–Crippen LogP) is 4.50. The van der Waals surface area contributed by atoms with E-state index in [1.54, 1.807) is 29.4 Å². The zero-order chi connectivity index (χ0) is 36.0. The summed E-state index contributed by atoms with van der Waals surface area (Å²) in [4.78, 5) is 28.6. The van der Waals surface area contributed by atoms with E-state index in [-0.39, 0.29) is 47.2 Å². The summed E-state index contributed by atoms with van der Waals surface area (Å²) >= 11 is 0. The van der Waals surface area contributed by atoms with Crippen LogP contribution in [0.15, 0.2) is 64.3 Å². The highest BCUT2D eigenvalue weighted by atomic mass is 32.2. The number of aromatic nitrogens is 4. The number of nitrogens with two attached hydrogens (primary N) is 1. The molecule has 2 saturated heterocycles. The molecule has 2 aliphatic rings. The molecule has 268 valence electrons. The van der Waals surface area contributed by atoms with Gasteiger partial charge in [0, 0.05) is 50.5 Å². The smallest absolute Gasteiger partial charge is 0.410 e. The second kappa shape index (κ2) is 16.0. The molecule has 4 aromatic rings. The molecule has 2 aliphatic heterocycles. The van der Waals surface area contributed by atoms with E-state index >= 15 is 0 Å². The molecule has 17 heteroatoms. The van der Waals surface area contributed by atoms with Crippen molar-refractivity contribution < 1.29 is 40.5 Å². The van der Waals surface area contributed by atoms with Crippen LogP contribution in [0, 0.1) is 18.6 Å². The number of carbonyl (C=O) groups is 1. The number of rotatable bonds is 8. The maximum absolute atomic E-state index is 14.3. The number of halogens is 2. The molecule has 4 heterocycles. The number of amides is 1. The average molecular weight is 716 g/mol. The van der Waals surface area contributed by atoms with Crippen molar-refractivity contribution in [3.8, 4) is 11.5 Å². The van der Waals surface area contributed by atoms with Gasteiger partial charge in [-0.15, -0.1) is 0 Å². The number of nitrogens with zero attached hydrogens (tertiary/aromatic N) is 6. The van der Waals surface area contributed by atoms with Crippen molar-refractivity contribution in [3.63, 3.8) is 0 Å². The molecule has 1 amide bonds. The van der Waals surface area contributed by atoms with Crippen LogP contribution in [0.1, 0.15) is 49.6 Å². The van der Waals surface area contributed by atoms with E-state index in [2.05, 4.69) is 20.1 Å². The minimum atomic E-state index is -4.02. The molecule has 0 spiro atoms. The summed E-state index contributed by atoms with van der Waals surface area (Å²) in [5.74, 6) is -0.312. The van der Waals surface area contributed by atoms with Crippen molar-refractivity contribution in [1.82, 2.24) is 25.0 Å². The second-order valence-corrected chi connectivity index (χ2v) is 13.8. The first-order valence-corrected chi connectivity index (χ1v) is 17.4. The number of piperidine rings is 1. The predicted molar refractivity (Wildman–Crippen MR) is 177 cm³/mol. The zero-order valence-corrected chi connectivity index (χ0v) is 28.6. The van der Waals surface area contributed by atoms with Crippen molar-refractivity contribution in [2.24, 2.45) is 5.73 Å². The molecular weight excluding hydrogens is 676 g/mol. The lowest BCUT2D eigenvalue weighted by molar-refractivity contribution is -0.00900. The summed E-state index contributed by atoms with van der Waals surface area (Å²) in [7, 11) is -4.02. The molecule has 2 atom stereocenters. The maximum atomic E-state index is 14.3. The van der Waals surface area contributed by atoms with Gasteiger partial charge in [-0.2, -0.15) is 13.4 Å². The Labute approximate surface area is 288 Å². The summed E-state index contributed by atoms with van der Waals surface area (Å²) < 4.78 is 74.0. The Morgan fingerprint density at radius 3 is 2.40 bits per heavy atom. The van der Waals surface area contributed by atoms with Gasteiger partial charge in [-0.25, -0.2) is 23.5 Å². The van der Waals surface area contributed by atoms with Gasteiger partial charge in [-0.1, -0.05) is 22.9 Å². The lowest BCUT2D eigenvalue weighted by Crippen LogP contribution is -2.41. The molecule has 6 rings (SSSR count). The molecule has 0 radical (unpaired) electrons. The topological polar surface area (TPSA) is 187 Å². The Morgan fingerprint density at radius 1 is 1.08 bits per heavy atom. The number of hydrogen-bond acceptors (Lipinski definition) is 12. The lowest BCUT2D eigenvalue weighted by Gasteiger charge is -2.31. The Hall–Kier alpha value is -4.58. The van der Waals surface area contributed by atoms with Crippen LogP contribution >= 0.6 is 0 Å². The van der Waals surface area contributed by atoms with E-state index in [1.165, 1.54) is 18.2 Å². The Kier molecular flexibility index (Phi) is 11.7. The third kappa shape index (κ3) is 9.56. The SMILES string of the molecule is CC(C)OC(=O)N1CCC(OCc2noc(-c3cnc(N4C[C@H](c5cc(F)ccc5F)[C@@H](N)C4)nc3)n2)CC1.Cc1ccc(S(=O)(=O)O)cc1. The molecule has 2 aromatic heterocycles.